The third-order valence-electron chi connectivity index (χ3n) is 2.47. The predicted octanol–water partition coefficient (Wildman–Crippen LogP) is 3.65. The zero-order chi connectivity index (χ0) is 12.5. The molecule has 90 valence electrons. The zero-order valence-electron chi connectivity index (χ0n) is 9.13. The Morgan fingerprint density at radius 1 is 1.33 bits per heavy atom. The van der Waals surface area contributed by atoms with Gasteiger partial charge in [0, 0.05) is 17.1 Å². The number of hydrogen-bond donors (Lipinski definition) is 1. The molecule has 2 N–H and O–H groups in total. The van der Waals surface area contributed by atoms with Crippen LogP contribution in [-0.4, -0.2) is 10.1 Å². The molecule has 0 saturated heterocycles. The lowest BCUT2D eigenvalue weighted by atomic mass is 10.1. The largest absolute Gasteiger partial charge is 0.380 e. The normalized spacial score (nSPS) is 10.7. The maximum absolute atomic E-state index is 5.87. The standard InChI is InChI=1S/C12H8IN3OS/c13-9-5-7(6-18-9)11-10(12(14)16-17-11)8-3-1-2-4-15-8/h1-6H,(H2,14,16). The lowest BCUT2D eigenvalue weighted by Gasteiger charge is -1.99. The van der Waals surface area contributed by atoms with Crippen LogP contribution < -0.4 is 5.73 Å². The van der Waals surface area contributed by atoms with Gasteiger partial charge in [-0.15, -0.1) is 11.3 Å². The minimum absolute atomic E-state index is 0.366. The number of thiophene rings is 1. The van der Waals surface area contributed by atoms with E-state index in [9.17, 15) is 0 Å². The molecular formula is C12H8IN3OS. The van der Waals surface area contributed by atoms with E-state index in [2.05, 4.69) is 32.7 Å². The van der Waals surface area contributed by atoms with Crippen molar-refractivity contribution in [1.29, 1.82) is 0 Å². The first-order chi connectivity index (χ1) is 8.75. The summed E-state index contributed by atoms with van der Waals surface area (Å²) in [7, 11) is 0. The molecule has 3 heterocycles. The molecular weight excluding hydrogens is 361 g/mol. The van der Waals surface area contributed by atoms with E-state index < -0.39 is 0 Å². The first kappa shape index (κ1) is 11.7. The van der Waals surface area contributed by atoms with Crippen LogP contribution in [-0.2, 0) is 0 Å². The van der Waals surface area contributed by atoms with Crippen molar-refractivity contribution in [3.8, 4) is 22.6 Å². The molecule has 0 spiro atoms. The minimum atomic E-state index is 0.366. The molecule has 0 saturated carbocycles. The third kappa shape index (κ3) is 2.01. The Kier molecular flexibility index (Phi) is 3.04. The van der Waals surface area contributed by atoms with Gasteiger partial charge in [0.05, 0.1) is 14.1 Å². The van der Waals surface area contributed by atoms with E-state index >= 15 is 0 Å². The van der Waals surface area contributed by atoms with E-state index in [1.54, 1.807) is 17.5 Å². The molecule has 0 aliphatic rings. The molecule has 18 heavy (non-hydrogen) atoms. The summed E-state index contributed by atoms with van der Waals surface area (Å²) in [6.45, 7) is 0. The second kappa shape index (κ2) is 4.69. The van der Waals surface area contributed by atoms with E-state index in [-0.39, 0.29) is 0 Å². The van der Waals surface area contributed by atoms with Gasteiger partial charge >= 0.3 is 0 Å². The highest BCUT2D eigenvalue weighted by molar-refractivity contribution is 14.1. The second-order valence-electron chi connectivity index (χ2n) is 3.63. The molecule has 0 radical (unpaired) electrons. The molecule has 3 aromatic heterocycles. The summed E-state index contributed by atoms with van der Waals surface area (Å²) in [6.07, 6.45) is 1.73. The first-order valence-corrected chi connectivity index (χ1v) is 7.12. The molecule has 0 aliphatic heterocycles. The molecule has 0 bridgehead atoms. The van der Waals surface area contributed by atoms with Gasteiger partial charge in [-0.2, -0.15) is 0 Å². The number of aromatic nitrogens is 2. The molecule has 4 nitrogen and oxygen atoms in total. The third-order valence-corrected chi connectivity index (χ3v) is 4.26. The zero-order valence-corrected chi connectivity index (χ0v) is 12.1. The fraction of sp³-hybridized carbons (Fsp3) is 0. The maximum Gasteiger partial charge on any atom is 0.179 e. The quantitative estimate of drug-likeness (QED) is 0.701. The van der Waals surface area contributed by atoms with Gasteiger partial charge in [0.2, 0.25) is 0 Å². The number of nitrogen functional groups attached to an aromatic ring is 1. The van der Waals surface area contributed by atoms with Crippen molar-refractivity contribution in [1.82, 2.24) is 10.1 Å². The monoisotopic (exact) mass is 369 g/mol. The Morgan fingerprint density at radius 3 is 2.89 bits per heavy atom. The maximum atomic E-state index is 5.87. The highest BCUT2D eigenvalue weighted by atomic mass is 127. The summed E-state index contributed by atoms with van der Waals surface area (Å²) >= 11 is 3.92. The summed E-state index contributed by atoms with van der Waals surface area (Å²) in [6, 6.07) is 7.71. The number of nitrogens with zero attached hydrogens (tertiary/aromatic N) is 2. The van der Waals surface area contributed by atoms with Crippen molar-refractivity contribution in [2.45, 2.75) is 0 Å². The van der Waals surface area contributed by atoms with Crippen molar-refractivity contribution in [2.24, 2.45) is 0 Å². The number of rotatable bonds is 2. The van der Waals surface area contributed by atoms with Crippen molar-refractivity contribution < 1.29 is 4.52 Å². The SMILES string of the molecule is Nc1noc(-c2csc(I)c2)c1-c1ccccn1. The van der Waals surface area contributed by atoms with Gasteiger partial charge in [0.15, 0.2) is 11.6 Å². The first-order valence-electron chi connectivity index (χ1n) is 5.16. The van der Waals surface area contributed by atoms with Gasteiger partial charge in [-0.05, 0) is 40.8 Å². The Hall–Kier alpha value is -1.41. The van der Waals surface area contributed by atoms with Crippen LogP contribution in [0.3, 0.4) is 0 Å². The van der Waals surface area contributed by atoms with Crippen molar-refractivity contribution in [2.75, 3.05) is 5.73 Å². The van der Waals surface area contributed by atoms with Crippen LogP contribution >= 0.6 is 33.9 Å². The van der Waals surface area contributed by atoms with Crippen LogP contribution in [0.5, 0.6) is 0 Å². The van der Waals surface area contributed by atoms with Gasteiger partial charge in [-0.25, -0.2) is 0 Å². The Balaban J connectivity index is 2.18. The molecule has 6 heteroatoms. The van der Waals surface area contributed by atoms with E-state index in [0.29, 0.717) is 11.6 Å². The highest BCUT2D eigenvalue weighted by Gasteiger charge is 2.19. The average molecular weight is 369 g/mol. The number of nitrogens with two attached hydrogens (primary N) is 1. The molecule has 0 fully saturated rings. The van der Waals surface area contributed by atoms with Gasteiger partial charge in [0.1, 0.15) is 0 Å². The summed E-state index contributed by atoms with van der Waals surface area (Å²) in [5.74, 6) is 1.04. The Morgan fingerprint density at radius 2 is 2.22 bits per heavy atom. The van der Waals surface area contributed by atoms with E-state index in [1.165, 1.54) is 2.88 Å². The molecule has 3 aromatic rings. The molecule has 0 atom stereocenters. The average Bonchev–Trinajstić information content (AvgIpc) is 2.96. The van der Waals surface area contributed by atoms with Crippen LogP contribution in [0.15, 0.2) is 40.4 Å². The van der Waals surface area contributed by atoms with E-state index in [1.807, 2.05) is 29.6 Å². The van der Waals surface area contributed by atoms with E-state index in [0.717, 1.165) is 16.8 Å². The van der Waals surface area contributed by atoms with Gasteiger partial charge in [0.25, 0.3) is 0 Å². The lowest BCUT2D eigenvalue weighted by molar-refractivity contribution is 0.436. The van der Waals surface area contributed by atoms with Crippen LogP contribution in [0.2, 0.25) is 0 Å². The summed E-state index contributed by atoms with van der Waals surface area (Å²) in [4.78, 5) is 4.30. The van der Waals surface area contributed by atoms with Crippen molar-refractivity contribution in [3.63, 3.8) is 0 Å². The highest BCUT2D eigenvalue weighted by Crippen LogP contribution is 2.37. The van der Waals surface area contributed by atoms with Crippen LogP contribution in [0.25, 0.3) is 22.6 Å². The van der Waals surface area contributed by atoms with E-state index in [4.69, 9.17) is 10.3 Å². The van der Waals surface area contributed by atoms with Crippen LogP contribution in [0.1, 0.15) is 0 Å². The Bertz CT molecular complexity index is 678. The smallest absolute Gasteiger partial charge is 0.179 e. The van der Waals surface area contributed by atoms with Gasteiger partial charge in [-0.1, -0.05) is 11.2 Å². The number of anilines is 1. The minimum Gasteiger partial charge on any atom is -0.380 e. The number of pyridine rings is 1. The molecule has 0 amide bonds. The molecule has 3 rings (SSSR count). The Labute approximate surface area is 121 Å². The fourth-order valence-electron chi connectivity index (χ4n) is 1.69. The van der Waals surface area contributed by atoms with Crippen molar-refractivity contribution in [3.05, 3.63) is 38.7 Å². The van der Waals surface area contributed by atoms with Crippen LogP contribution in [0.4, 0.5) is 5.82 Å². The molecule has 0 aromatic carbocycles. The van der Waals surface area contributed by atoms with Crippen LogP contribution in [0, 0.1) is 2.88 Å². The molecule has 0 aliphatic carbocycles. The summed E-state index contributed by atoms with van der Waals surface area (Å²) < 4.78 is 6.52. The molecule has 0 unspecified atom stereocenters. The van der Waals surface area contributed by atoms with Crippen molar-refractivity contribution >= 4 is 39.7 Å². The topological polar surface area (TPSA) is 64.9 Å². The predicted molar refractivity (Wildman–Crippen MR) is 80.2 cm³/mol. The fourth-order valence-corrected chi connectivity index (χ4v) is 3.01. The van der Waals surface area contributed by atoms with Gasteiger partial charge < -0.3 is 10.3 Å². The summed E-state index contributed by atoms with van der Waals surface area (Å²) in [5.41, 5.74) is 8.38. The number of halogens is 1. The van der Waals surface area contributed by atoms with Gasteiger partial charge in [-0.3, -0.25) is 4.98 Å². The second-order valence-corrected chi connectivity index (χ2v) is 6.43. The summed E-state index contributed by atoms with van der Waals surface area (Å²) in [5, 5.41) is 5.87. The number of hydrogen-bond acceptors (Lipinski definition) is 5. The lowest BCUT2D eigenvalue weighted by Crippen LogP contribution is -1.90.